The molecule has 0 saturated heterocycles. The highest BCUT2D eigenvalue weighted by Gasteiger charge is 2.02. The number of amides is 1. The molecule has 0 spiro atoms. The average Bonchev–Trinajstić information content (AvgIpc) is 2.29. The van der Waals surface area contributed by atoms with Gasteiger partial charge in [0.1, 0.15) is 6.67 Å². The second-order valence-electron chi connectivity index (χ2n) is 2.81. The maximum atomic E-state index is 11.7. The molecule has 0 bridgehead atoms. The van der Waals surface area contributed by atoms with Crippen molar-refractivity contribution in [3.8, 4) is 0 Å². The average molecular weight is 211 g/mol. The van der Waals surface area contributed by atoms with Gasteiger partial charge in [0.25, 0.3) is 5.91 Å². The lowest BCUT2D eigenvalue weighted by Gasteiger charge is -2.02. The number of nitrogens with one attached hydrogen (secondary N) is 1. The van der Waals surface area contributed by atoms with Crippen molar-refractivity contribution in [3.05, 3.63) is 35.4 Å². The molecule has 0 aliphatic heterocycles. The fourth-order valence-corrected chi connectivity index (χ4v) is 0.968. The van der Waals surface area contributed by atoms with E-state index in [-0.39, 0.29) is 12.5 Å². The second kappa shape index (κ2) is 7.97. The number of halogens is 1. The topological polar surface area (TPSA) is 29.1 Å². The van der Waals surface area contributed by atoms with Gasteiger partial charge in [-0.15, -0.1) is 0 Å². The van der Waals surface area contributed by atoms with Gasteiger partial charge in [-0.3, -0.25) is 4.79 Å². The van der Waals surface area contributed by atoms with Crippen LogP contribution in [0.4, 0.5) is 4.39 Å². The summed E-state index contributed by atoms with van der Waals surface area (Å²) in [5, 5.41) is 2.45. The summed E-state index contributed by atoms with van der Waals surface area (Å²) in [6.45, 7) is 5.49. The van der Waals surface area contributed by atoms with Crippen LogP contribution >= 0.6 is 0 Å². The number of carbonyl (C=O) groups is 1. The fraction of sp³-hybridized carbons (Fsp3) is 0.417. The molecule has 84 valence electrons. The first-order chi connectivity index (χ1) is 7.24. The van der Waals surface area contributed by atoms with E-state index in [0.717, 1.165) is 5.56 Å². The zero-order valence-corrected chi connectivity index (χ0v) is 9.51. The molecule has 0 fully saturated rings. The first-order valence-electron chi connectivity index (χ1n) is 5.15. The molecule has 15 heavy (non-hydrogen) atoms. The Morgan fingerprint density at radius 2 is 1.80 bits per heavy atom. The van der Waals surface area contributed by atoms with Crippen LogP contribution in [0.3, 0.4) is 0 Å². The number of aryl methyl sites for hydroxylation is 1. The quantitative estimate of drug-likeness (QED) is 0.818. The molecule has 1 aromatic carbocycles. The van der Waals surface area contributed by atoms with E-state index in [2.05, 4.69) is 5.32 Å². The zero-order chi connectivity index (χ0) is 11.7. The maximum absolute atomic E-state index is 11.7. The largest absolute Gasteiger partial charge is 0.349 e. The van der Waals surface area contributed by atoms with E-state index in [1.165, 1.54) is 0 Å². The van der Waals surface area contributed by atoms with Crippen molar-refractivity contribution in [2.24, 2.45) is 0 Å². The Bertz CT molecular complexity index is 282. The predicted octanol–water partition coefficient (Wildman–Crippen LogP) is 2.72. The van der Waals surface area contributed by atoms with Crippen molar-refractivity contribution in [2.75, 3.05) is 13.2 Å². The molecule has 0 aliphatic rings. The molecule has 2 nitrogen and oxygen atoms in total. The molecule has 1 rings (SSSR count). The van der Waals surface area contributed by atoms with E-state index in [1.807, 2.05) is 32.9 Å². The molecular weight excluding hydrogens is 193 g/mol. The number of rotatable bonds is 3. The third-order valence-electron chi connectivity index (χ3n) is 1.69. The molecular formula is C12H18FNO. The number of benzene rings is 1. The number of hydrogen-bond donors (Lipinski definition) is 1. The Morgan fingerprint density at radius 1 is 1.27 bits per heavy atom. The first kappa shape index (κ1) is 13.6. The zero-order valence-electron chi connectivity index (χ0n) is 9.51. The molecule has 0 saturated carbocycles. The second-order valence-corrected chi connectivity index (χ2v) is 2.81. The smallest absolute Gasteiger partial charge is 0.251 e. The molecule has 0 radical (unpaired) electrons. The lowest BCUT2D eigenvalue weighted by atomic mass is 10.1. The van der Waals surface area contributed by atoms with Gasteiger partial charge in [0.05, 0.1) is 0 Å². The van der Waals surface area contributed by atoms with Crippen LogP contribution in [0.1, 0.15) is 29.8 Å². The summed E-state index contributed by atoms with van der Waals surface area (Å²) in [6, 6.07) is 7.15. The van der Waals surface area contributed by atoms with E-state index < -0.39 is 6.67 Å². The molecule has 0 heterocycles. The minimum atomic E-state index is -0.530. The molecule has 3 heteroatoms. The fourth-order valence-electron chi connectivity index (χ4n) is 0.968. The van der Waals surface area contributed by atoms with Crippen LogP contribution < -0.4 is 5.32 Å². The van der Waals surface area contributed by atoms with Gasteiger partial charge >= 0.3 is 0 Å². The Hall–Kier alpha value is -1.38. The van der Waals surface area contributed by atoms with Crippen molar-refractivity contribution in [2.45, 2.75) is 20.8 Å². The Balaban J connectivity index is 0.000000921. The van der Waals surface area contributed by atoms with Gasteiger partial charge in [0, 0.05) is 12.1 Å². The van der Waals surface area contributed by atoms with E-state index in [4.69, 9.17) is 0 Å². The minimum absolute atomic E-state index is 0.0761. The highest BCUT2D eigenvalue weighted by atomic mass is 19.1. The molecule has 1 aromatic rings. The lowest BCUT2D eigenvalue weighted by molar-refractivity contribution is 0.0951. The van der Waals surface area contributed by atoms with Crippen molar-refractivity contribution < 1.29 is 9.18 Å². The Morgan fingerprint density at radius 3 is 2.27 bits per heavy atom. The van der Waals surface area contributed by atoms with Crippen LogP contribution in [0.2, 0.25) is 0 Å². The van der Waals surface area contributed by atoms with Crippen molar-refractivity contribution in [1.82, 2.24) is 5.32 Å². The van der Waals surface area contributed by atoms with Gasteiger partial charge in [-0.1, -0.05) is 31.5 Å². The van der Waals surface area contributed by atoms with Crippen molar-refractivity contribution in [1.29, 1.82) is 0 Å². The Kier molecular flexibility index (Phi) is 7.24. The molecule has 0 unspecified atom stereocenters. The van der Waals surface area contributed by atoms with Crippen LogP contribution in [0.5, 0.6) is 0 Å². The predicted molar refractivity (Wildman–Crippen MR) is 60.8 cm³/mol. The summed E-state index contributed by atoms with van der Waals surface area (Å²) < 4.78 is 11.7. The molecule has 0 atom stereocenters. The monoisotopic (exact) mass is 211 g/mol. The lowest BCUT2D eigenvalue weighted by Crippen LogP contribution is -2.25. The van der Waals surface area contributed by atoms with E-state index >= 15 is 0 Å². The third kappa shape index (κ3) is 5.15. The first-order valence-corrected chi connectivity index (χ1v) is 5.15. The summed E-state index contributed by atoms with van der Waals surface area (Å²) in [7, 11) is 0. The third-order valence-corrected chi connectivity index (χ3v) is 1.69. The van der Waals surface area contributed by atoms with Crippen LogP contribution in [0, 0.1) is 6.92 Å². The standard InChI is InChI=1S/C10H12FNO.C2H6/c1-8-2-4-9(5-3-8)10(13)12-7-6-11;1-2/h2-5H,6-7H2,1H3,(H,12,13);1-2H3. The van der Waals surface area contributed by atoms with Gasteiger partial charge < -0.3 is 5.32 Å². The Labute approximate surface area is 90.5 Å². The highest BCUT2D eigenvalue weighted by Crippen LogP contribution is 2.02. The summed E-state index contributed by atoms with van der Waals surface area (Å²) in [4.78, 5) is 11.2. The van der Waals surface area contributed by atoms with E-state index in [9.17, 15) is 9.18 Å². The number of hydrogen-bond acceptors (Lipinski definition) is 1. The molecule has 0 aliphatic carbocycles. The SMILES string of the molecule is CC.Cc1ccc(C(=O)NCCF)cc1. The molecule has 0 aromatic heterocycles. The van der Waals surface area contributed by atoms with Crippen molar-refractivity contribution in [3.63, 3.8) is 0 Å². The van der Waals surface area contributed by atoms with Gasteiger partial charge in [-0.05, 0) is 19.1 Å². The van der Waals surface area contributed by atoms with Gasteiger partial charge in [0.15, 0.2) is 0 Å². The minimum Gasteiger partial charge on any atom is -0.349 e. The van der Waals surface area contributed by atoms with Gasteiger partial charge in [-0.2, -0.15) is 0 Å². The summed E-state index contributed by atoms with van der Waals surface area (Å²) in [5.74, 6) is -0.224. The van der Waals surface area contributed by atoms with E-state index in [1.54, 1.807) is 12.1 Å². The molecule has 1 amide bonds. The summed E-state index contributed by atoms with van der Waals surface area (Å²) in [6.07, 6.45) is 0. The molecule has 1 N–H and O–H groups in total. The highest BCUT2D eigenvalue weighted by molar-refractivity contribution is 5.94. The maximum Gasteiger partial charge on any atom is 0.251 e. The van der Waals surface area contributed by atoms with E-state index in [0.29, 0.717) is 5.56 Å². The van der Waals surface area contributed by atoms with Gasteiger partial charge in [0.2, 0.25) is 0 Å². The van der Waals surface area contributed by atoms with Crippen molar-refractivity contribution >= 4 is 5.91 Å². The number of carbonyl (C=O) groups excluding carboxylic acids is 1. The van der Waals surface area contributed by atoms with Crippen LogP contribution in [0.25, 0.3) is 0 Å². The summed E-state index contributed by atoms with van der Waals surface area (Å²) >= 11 is 0. The van der Waals surface area contributed by atoms with Crippen LogP contribution in [-0.4, -0.2) is 19.1 Å². The number of alkyl halides is 1. The summed E-state index contributed by atoms with van der Waals surface area (Å²) in [5.41, 5.74) is 1.67. The van der Waals surface area contributed by atoms with Crippen LogP contribution in [-0.2, 0) is 0 Å². The normalized spacial score (nSPS) is 8.80. The van der Waals surface area contributed by atoms with Crippen LogP contribution in [0.15, 0.2) is 24.3 Å². The van der Waals surface area contributed by atoms with Gasteiger partial charge in [-0.25, -0.2) is 4.39 Å².